The number of aliphatic hydroxyl groups excluding tert-OH is 1. The van der Waals surface area contributed by atoms with Crippen molar-refractivity contribution >= 4 is 87.1 Å². The molecule has 0 aliphatic carbocycles. The number of aliphatic hydroxyl groups is 1. The lowest BCUT2D eigenvalue weighted by Crippen LogP contribution is -2.51. The number of oxime groups is 2. The van der Waals surface area contributed by atoms with E-state index in [4.69, 9.17) is 55.7 Å². The van der Waals surface area contributed by atoms with Crippen LogP contribution in [0.4, 0.5) is 0 Å². The van der Waals surface area contributed by atoms with Crippen molar-refractivity contribution in [3.8, 4) is 0 Å². The van der Waals surface area contributed by atoms with Gasteiger partial charge in [0, 0.05) is 45.9 Å². The summed E-state index contributed by atoms with van der Waals surface area (Å²) in [4.78, 5) is 104. The summed E-state index contributed by atoms with van der Waals surface area (Å²) in [5.41, 5.74) is 13.8. The predicted molar refractivity (Wildman–Crippen MR) is 535 cm³/mol. The average Bonchev–Trinajstić information content (AvgIpc) is 1.83. The van der Waals surface area contributed by atoms with Crippen molar-refractivity contribution < 1.29 is 90.6 Å². The Morgan fingerprint density at radius 1 is 0.496 bits per heavy atom. The molecule has 135 heavy (non-hydrogen) atoms. The number of esters is 6. The van der Waals surface area contributed by atoms with Gasteiger partial charge in [-0.15, -0.1) is 28.2 Å². The van der Waals surface area contributed by atoms with E-state index in [1.54, 1.807) is 40.6 Å². The molecule has 0 bridgehead atoms. The number of benzene rings is 9. The molecule has 1 amide bonds. The molecule has 3 aliphatic rings. The summed E-state index contributed by atoms with van der Waals surface area (Å²) in [6, 6.07) is 85.8. The number of hydroxylamine groups is 1. The molecular weight excluding hydrogens is 1780 g/mol. The molecule has 0 spiro atoms. The molecule has 9 aromatic carbocycles. The van der Waals surface area contributed by atoms with Gasteiger partial charge < -0.3 is 64.1 Å². The van der Waals surface area contributed by atoms with Crippen molar-refractivity contribution in [1.82, 2.24) is 31.6 Å². The van der Waals surface area contributed by atoms with E-state index >= 15 is 0 Å². The number of nitrogens with zero attached hydrogens (tertiary/aromatic N) is 3. The van der Waals surface area contributed by atoms with Gasteiger partial charge in [0.15, 0.2) is 5.41 Å². The first-order chi connectivity index (χ1) is 63.5. The van der Waals surface area contributed by atoms with Gasteiger partial charge in [-0.2, -0.15) is 5.48 Å². The molecule has 3 fully saturated rings. The lowest BCUT2D eigenvalue weighted by Gasteiger charge is -2.28. The second-order valence-corrected chi connectivity index (χ2v) is 33.6. The first-order valence-electron chi connectivity index (χ1n) is 43.4. The third kappa shape index (κ3) is 52.6. The first kappa shape index (κ1) is 119. The zero-order valence-electron chi connectivity index (χ0n) is 76.2. The number of nitrogens with two attached hydrogens (primary N) is 1. The van der Waals surface area contributed by atoms with Crippen molar-refractivity contribution in [1.29, 1.82) is 0 Å². The van der Waals surface area contributed by atoms with E-state index in [2.05, 4.69) is 46.6 Å². The molecule has 0 unspecified atom stereocenters. The van der Waals surface area contributed by atoms with Crippen LogP contribution in [-0.4, -0.2) is 159 Å². The van der Waals surface area contributed by atoms with Crippen LogP contribution in [0.5, 0.6) is 0 Å². The summed E-state index contributed by atoms with van der Waals surface area (Å²) in [6.45, 7) is 8.09. The maximum Gasteiger partial charge on any atom is 0.329 e. The highest BCUT2D eigenvalue weighted by Gasteiger charge is 2.35. The molecule has 734 valence electrons. The van der Waals surface area contributed by atoms with Crippen LogP contribution in [0.2, 0.25) is 0 Å². The highest BCUT2D eigenvalue weighted by atomic mass is 35.5. The van der Waals surface area contributed by atoms with Crippen molar-refractivity contribution in [3.05, 3.63) is 334 Å². The summed E-state index contributed by atoms with van der Waals surface area (Å²) < 4.78 is 42.6. The van der Waals surface area contributed by atoms with E-state index in [1.807, 2.05) is 273 Å². The van der Waals surface area contributed by atoms with Gasteiger partial charge >= 0.3 is 35.8 Å². The molecule has 12 rings (SSSR count). The minimum Gasteiger partial charge on any atom is -0.508 e. The van der Waals surface area contributed by atoms with Crippen LogP contribution in [-0.2, 0) is 155 Å². The fraction of sp³-hybridized carbons (Fsp3) is 0.375. The lowest BCUT2D eigenvalue weighted by atomic mass is 10.0. The third-order valence-corrected chi connectivity index (χ3v) is 20.8. The maximum atomic E-state index is 12.3. The number of carbonyl (C=O) groups excluding carboxylic acids is 7. The number of carbonyl (C=O) groups is 7. The standard InChI is InChI=1S/C21H25ClN2O3.C20H24N2O3.C20H22N2O3.C16H23NO4S.C13H15NO3.C7H9NO.C4H8O2.3CH4.ClH/c1-23-20(21(25)26-15-17-8-4-2-5-9-17)13-12-19(14-22)24-27-16-18-10-6-3-7-11-18;2*23-20(24-14-16-7-3-1-4-8-16)19-12-11-18(13-21-19)22-25-15-17-9-5-2-6-10-17;1-17-15(10-9-14(18)12-22(2,3)20)16(19)21-11-13-7-5-4-6-8-13;1-14-11(7-8-12(14)15)13(16)17-9-10-5-3-2-4-6-10;8-9-6-7-4-2-1-3-5-7;1-3-6-4(2)5;;;;/h2-11,20,23H,12-16H2,1H3;1-10,18-19,21-22H,11-15H2;1-10,19,21H,11-15H2;4-8,12,15,17H,9-11H2,1-3H3;2-6,11H,7-9H2,1H3;1-5H,6,8H2;3H2,1-2H3;3*1H4;1H/p+1/t20-;18-,19+;19-;15-;11-;;;;;;/m01000....../s1. The summed E-state index contributed by atoms with van der Waals surface area (Å²) >= 11 is 5.95. The van der Waals surface area contributed by atoms with Gasteiger partial charge in [-0.25, -0.2) is 10.7 Å². The normalized spacial score (nSPS) is 15.3. The Balaban J connectivity index is 0.000000547. The largest absolute Gasteiger partial charge is 0.508 e. The van der Waals surface area contributed by atoms with E-state index in [1.165, 1.54) is 17.2 Å². The van der Waals surface area contributed by atoms with Gasteiger partial charge in [0.25, 0.3) is 0 Å². The molecule has 8 N–H and O–H groups in total. The van der Waals surface area contributed by atoms with Gasteiger partial charge in [0.1, 0.15) is 105 Å². The number of allylic oxidation sites excluding steroid dienone is 1. The number of likely N-dealkylation sites (N-methyl/N-ethyl adjacent to an activating group) is 3. The van der Waals surface area contributed by atoms with Gasteiger partial charge in [-0.3, -0.25) is 43.8 Å². The molecule has 0 radical (unpaired) electrons. The molecule has 3 saturated heterocycles. The van der Waals surface area contributed by atoms with Crippen molar-refractivity contribution in [2.24, 2.45) is 16.2 Å². The van der Waals surface area contributed by atoms with E-state index < -0.39 is 28.1 Å². The van der Waals surface area contributed by atoms with E-state index in [9.17, 15) is 42.9 Å². The number of likely N-dealkylation sites (tertiary alicyclic amines) is 1. The van der Waals surface area contributed by atoms with Crippen LogP contribution >= 0.6 is 24.0 Å². The molecule has 0 aromatic heterocycles. The molecule has 28 nitrogen and oxygen atoms in total. The SMILES string of the molecule is C.C.C.CCOC(C)=O.CN1C(=O)CC[C@H]1C(=O)OCc1ccccc1.CN[C@@H](CC/C(O)=C/[S+](C)(C)=O)C(=O)OCc1ccccc1.CN[C@@H](CCC(CCl)=NOCc1ccccc1)C(=O)OCc1ccccc1.Cl.NOCc1ccccc1.O=C(OCc1ccccc1)[C@@H]1CCC(=NOCc2ccccc2)CN1.O=C(OCc1ccccc1)[C@@H]1CC[C@@H](NOCc2ccccc2)CN1. The van der Waals surface area contributed by atoms with Crippen LogP contribution < -0.4 is 32.6 Å². The van der Waals surface area contributed by atoms with Crippen molar-refractivity contribution in [3.63, 3.8) is 0 Å². The number of hydrogen-bond donors (Lipinski definition) is 7. The minimum absolute atomic E-state index is 0. The number of piperidine rings is 2. The monoisotopic (exact) mass is 1920 g/mol. The van der Waals surface area contributed by atoms with E-state index in [0.717, 1.165) is 75.0 Å². The van der Waals surface area contributed by atoms with E-state index in [0.29, 0.717) is 104 Å². The molecule has 0 saturated carbocycles. The maximum absolute atomic E-state index is 12.3. The zero-order valence-corrected chi connectivity index (χ0v) is 78.6. The van der Waals surface area contributed by atoms with Gasteiger partial charge in [0.05, 0.1) is 37.1 Å². The van der Waals surface area contributed by atoms with Gasteiger partial charge in [-0.1, -0.05) is 306 Å². The Morgan fingerprint density at radius 3 is 1.19 bits per heavy atom. The second-order valence-electron chi connectivity index (χ2n) is 30.5. The quantitative estimate of drug-likeness (QED) is 0.00359. The summed E-state index contributed by atoms with van der Waals surface area (Å²) in [5.74, 6) is 3.57. The smallest absolute Gasteiger partial charge is 0.329 e. The number of alkyl halides is 1. The van der Waals surface area contributed by atoms with Gasteiger partial charge in [0.2, 0.25) is 5.91 Å². The van der Waals surface area contributed by atoms with Crippen LogP contribution in [0.1, 0.15) is 150 Å². The minimum atomic E-state index is -2.14. The molecule has 3 heterocycles. The zero-order chi connectivity index (χ0) is 94.3. The number of amides is 1. The van der Waals surface area contributed by atoms with Crippen LogP contribution in [0.15, 0.2) is 294 Å². The fourth-order valence-corrected chi connectivity index (χ4v) is 13.5. The number of hydrogen-bond acceptors (Lipinski definition) is 27. The van der Waals surface area contributed by atoms with Crippen LogP contribution in [0, 0.1) is 0 Å². The Hall–Kier alpha value is -11.8. The number of rotatable bonds is 38. The Kier molecular flexibility index (Phi) is 63.3. The molecule has 9 aromatic rings. The molecule has 6 atom stereocenters. The van der Waals surface area contributed by atoms with Crippen molar-refractivity contribution in [2.45, 2.75) is 196 Å². The molecule has 3 aliphatic heterocycles. The Bertz CT molecular complexity index is 4820. The first-order valence-corrected chi connectivity index (χ1v) is 46.4. The fourth-order valence-electron chi connectivity index (χ4n) is 12.5. The summed E-state index contributed by atoms with van der Waals surface area (Å²) in [7, 11) is 2.90. The van der Waals surface area contributed by atoms with Crippen LogP contribution in [0.25, 0.3) is 0 Å². The highest BCUT2D eigenvalue weighted by molar-refractivity contribution is 8.04. The second kappa shape index (κ2) is 71.7. The molecule has 31 heteroatoms. The topological polar surface area (TPSA) is 363 Å². The van der Waals surface area contributed by atoms with Crippen LogP contribution in [0.3, 0.4) is 0 Å². The Morgan fingerprint density at radius 2 is 0.859 bits per heavy atom. The number of nitrogens with one attached hydrogen (secondary N) is 5. The highest BCUT2D eigenvalue weighted by Crippen LogP contribution is 2.20. The third-order valence-electron chi connectivity index (χ3n) is 19.7. The average molecular weight is 1920 g/mol. The lowest BCUT2D eigenvalue weighted by molar-refractivity contribution is -0.152. The number of ether oxygens (including phenoxy) is 6. The van der Waals surface area contributed by atoms with E-state index in [-0.39, 0.29) is 132 Å². The summed E-state index contributed by atoms with van der Waals surface area (Å²) in [5, 5.41) is 31.6. The van der Waals surface area contributed by atoms with Crippen molar-refractivity contribution in [2.75, 3.05) is 59.2 Å². The summed E-state index contributed by atoms with van der Waals surface area (Å²) in [6.07, 6.45) is 8.81. The molecular formula is C104H140Cl2N9O19S+. The predicted octanol–water partition coefficient (Wildman–Crippen LogP) is 17.1. The number of halogens is 2. The Labute approximate surface area is 810 Å². The van der Waals surface area contributed by atoms with Gasteiger partial charge in [-0.05, 0) is 122 Å².